The zero-order chi connectivity index (χ0) is 32.0. The van der Waals surface area contributed by atoms with E-state index in [9.17, 15) is 4.79 Å². The third-order valence-electron chi connectivity index (χ3n) is 8.35. The zero-order valence-electron chi connectivity index (χ0n) is 26.2. The first-order chi connectivity index (χ1) is 23.1. The molecule has 0 radical (unpaired) electrons. The quantitative estimate of drug-likeness (QED) is 0.169. The van der Waals surface area contributed by atoms with Gasteiger partial charge in [-0.2, -0.15) is 0 Å². The van der Waals surface area contributed by atoms with Gasteiger partial charge in [-0.25, -0.2) is 0 Å². The molecule has 9 heteroatoms. The smallest absolute Gasteiger partial charge is 0.257 e. The van der Waals surface area contributed by atoms with E-state index in [0.29, 0.717) is 36.7 Å². The van der Waals surface area contributed by atoms with Crippen molar-refractivity contribution in [1.82, 2.24) is 4.98 Å². The maximum Gasteiger partial charge on any atom is 0.257 e. The Morgan fingerprint density at radius 2 is 1.62 bits per heavy atom. The first-order valence-electron chi connectivity index (χ1n) is 15.7. The van der Waals surface area contributed by atoms with Crippen molar-refractivity contribution < 1.29 is 23.7 Å². The Balaban J connectivity index is 1.01. The predicted molar refractivity (Wildman–Crippen MR) is 183 cm³/mol. The van der Waals surface area contributed by atoms with Gasteiger partial charge in [0.05, 0.1) is 49.6 Å². The number of fused-ring (bicyclic) bond motifs is 2. The number of ether oxygens (including phenoxy) is 4. The van der Waals surface area contributed by atoms with Gasteiger partial charge < -0.3 is 34.5 Å². The molecule has 0 aliphatic carbocycles. The van der Waals surface area contributed by atoms with Gasteiger partial charge in [0.15, 0.2) is 11.5 Å². The molecule has 1 fully saturated rings. The predicted octanol–water partition coefficient (Wildman–Crippen LogP) is 7.10. The molecule has 2 N–H and O–H groups in total. The van der Waals surface area contributed by atoms with Crippen LogP contribution in [-0.4, -0.2) is 50.9 Å². The van der Waals surface area contributed by atoms with Gasteiger partial charge in [0, 0.05) is 43.2 Å². The number of benzene rings is 4. The number of carbonyl (C=O) groups is 1. The Morgan fingerprint density at radius 1 is 0.787 bits per heavy atom. The van der Waals surface area contributed by atoms with Crippen molar-refractivity contribution >= 4 is 28.7 Å². The number of hydrogen-bond donors (Lipinski definition) is 2. The maximum absolute atomic E-state index is 13.3. The normalized spacial score (nSPS) is 13.8. The van der Waals surface area contributed by atoms with Crippen LogP contribution in [0.5, 0.6) is 17.2 Å². The second-order valence-corrected chi connectivity index (χ2v) is 11.4. The highest BCUT2D eigenvalue weighted by molar-refractivity contribution is 6.12. The molecule has 9 nitrogen and oxygen atoms in total. The van der Waals surface area contributed by atoms with Crippen LogP contribution in [0.2, 0.25) is 0 Å². The molecule has 0 spiro atoms. The fourth-order valence-corrected chi connectivity index (χ4v) is 5.79. The standard InChI is InChI=1S/C38H36N4O5/c1-44-37-23-29(6-13-36(37)47-25-27-3-2-15-39-24-27)28-5-11-32-34(22-28)40-33-12-4-26(21-35(33)41-38(32)43)14-18-46-31-9-7-30(8-10-31)42-16-19-45-20-17-42/h2-13,15,21-24,40H,14,16-20,25H2,1H3,(H,41,43). The van der Waals surface area contributed by atoms with E-state index < -0.39 is 0 Å². The molecule has 1 aromatic heterocycles. The van der Waals surface area contributed by atoms with E-state index >= 15 is 0 Å². The van der Waals surface area contributed by atoms with Crippen molar-refractivity contribution in [2.75, 3.05) is 55.6 Å². The lowest BCUT2D eigenvalue weighted by atomic mass is 10.0. The maximum atomic E-state index is 13.3. The fourth-order valence-electron chi connectivity index (χ4n) is 5.79. The molecular formula is C38H36N4O5. The van der Waals surface area contributed by atoms with Gasteiger partial charge in [0.1, 0.15) is 12.4 Å². The van der Waals surface area contributed by atoms with Gasteiger partial charge in [-0.3, -0.25) is 9.78 Å². The van der Waals surface area contributed by atoms with Gasteiger partial charge in [-0.15, -0.1) is 0 Å². The summed E-state index contributed by atoms with van der Waals surface area (Å²) in [6.07, 6.45) is 4.22. The summed E-state index contributed by atoms with van der Waals surface area (Å²) < 4.78 is 23.1. The summed E-state index contributed by atoms with van der Waals surface area (Å²) in [5.74, 6) is 1.94. The van der Waals surface area contributed by atoms with Gasteiger partial charge in [-0.1, -0.05) is 24.3 Å². The van der Waals surface area contributed by atoms with Crippen molar-refractivity contribution in [3.8, 4) is 28.4 Å². The lowest BCUT2D eigenvalue weighted by molar-refractivity contribution is 0.102. The van der Waals surface area contributed by atoms with Crippen LogP contribution in [0.25, 0.3) is 11.1 Å². The molecule has 0 unspecified atom stereocenters. The lowest BCUT2D eigenvalue weighted by Gasteiger charge is -2.28. The third kappa shape index (κ3) is 7.00. The minimum absolute atomic E-state index is 0.164. The second kappa shape index (κ2) is 13.8. The summed E-state index contributed by atoms with van der Waals surface area (Å²) in [4.78, 5) is 19.7. The van der Waals surface area contributed by atoms with E-state index in [-0.39, 0.29) is 5.91 Å². The molecule has 238 valence electrons. The Labute approximate surface area is 274 Å². The number of nitrogens with zero attached hydrogens (tertiary/aromatic N) is 2. The number of methoxy groups -OCH3 is 1. The Kier molecular flexibility index (Phi) is 8.88. The molecule has 1 amide bonds. The van der Waals surface area contributed by atoms with Crippen LogP contribution in [0.4, 0.5) is 22.7 Å². The van der Waals surface area contributed by atoms with Gasteiger partial charge in [-0.05, 0) is 83.4 Å². The third-order valence-corrected chi connectivity index (χ3v) is 8.35. The summed E-state index contributed by atoms with van der Waals surface area (Å²) in [5.41, 5.74) is 7.96. The van der Waals surface area contributed by atoms with Crippen LogP contribution in [0.1, 0.15) is 21.5 Å². The molecule has 5 aromatic rings. The first kappa shape index (κ1) is 30.1. The molecule has 0 atom stereocenters. The zero-order valence-corrected chi connectivity index (χ0v) is 26.2. The van der Waals surface area contributed by atoms with Crippen molar-refractivity contribution in [2.24, 2.45) is 0 Å². The summed E-state index contributed by atoms with van der Waals surface area (Å²) in [7, 11) is 1.63. The molecule has 0 saturated carbocycles. The molecule has 3 heterocycles. The molecule has 1 saturated heterocycles. The Hall–Kier alpha value is -5.54. The van der Waals surface area contributed by atoms with Crippen LogP contribution in [0.3, 0.4) is 0 Å². The van der Waals surface area contributed by atoms with E-state index in [1.165, 1.54) is 5.69 Å². The van der Waals surface area contributed by atoms with Crippen LogP contribution in [0.15, 0.2) is 103 Å². The minimum Gasteiger partial charge on any atom is -0.493 e. The lowest BCUT2D eigenvalue weighted by Crippen LogP contribution is -2.36. The number of amides is 1. The second-order valence-electron chi connectivity index (χ2n) is 11.4. The van der Waals surface area contributed by atoms with Crippen molar-refractivity contribution in [3.05, 3.63) is 120 Å². The van der Waals surface area contributed by atoms with E-state index in [0.717, 1.165) is 71.4 Å². The van der Waals surface area contributed by atoms with Gasteiger partial charge in [0.25, 0.3) is 5.91 Å². The topological polar surface area (TPSA) is 94.2 Å². The SMILES string of the molecule is COc1cc(-c2ccc3c(c2)Nc2ccc(CCOc4ccc(N5CCOCC5)cc4)cc2NC3=O)ccc1OCc1cccnc1. The summed E-state index contributed by atoms with van der Waals surface area (Å²) in [5, 5.41) is 6.56. The summed E-state index contributed by atoms with van der Waals surface area (Å²) in [6, 6.07) is 29.7. The van der Waals surface area contributed by atoms with E-state index in [1.54, 1.807) is 19.5 Å². The number of aromatic nitrogens is 1. The van der Waals surface area contributed by atoms with Crippen molar-refractivity contribution in [2.45, 2.75) is 13.0 Å². The molecule has 2 aliphatic rings. The molecule has 7 rings (SSSR count). The van der Waals surface area contributed by atoms with Crippen molar-refractivity contribution in [3.63, 3.8) is 0 Å². The van der Waals surface area contributed by atoms with Crippen molar-refractivity contribution in [1.29, 1.82) is 0 Å². The monoisotopic (exact) mass is 628 g/mol. The highest BCUT2D eigenvalue weighted by atomic mass is 16.5. The molecule has 2 aliphatic heterocycles. The molecule has 0 bridgehead atoms. The number of pyridine rings is 1. The van der Waals surface area contributed by atoms with Crippen LogP contribution >= 0.6 is 0 Å². The Bertz CT molecular complexity index is 1860. The number of rotatable bonds is 10. The fraction of sp³-hybridized carbons (Fsp3) is 0.211. The first-order valence-corrected chi connectivity index (χ1v) is 15.7. The van der Waals surface area contributed by atoms with Crippen LogP contribution < -0.4 is 29.7 Å². The minimum atomic E-state index is -0.164. The molecular weight excluding hydrogens is 592 g/mol. The number of hydrogen-bond acceptors (Lipinski definition) is 8. The molecule has 47 heavy (non-hydrogen) atoms. The average molecular weight is 629 g/mol. The van der Waals surface area contributed by atoms with E-state index in [1.807, 2.05) is 72.8 Å². The average Bonchev–Trinajstić information content (AvgIpc) is 3.26. The molecule has 4 aromatic carbocycles. The number of carbonyl (C=O) groups excluding carboxylic acids is 1. The number of morpholine rings is 1. The van der Waals surface area contributed by atoms with Gasteiger partial charge in [0.2, 0.25) is 0 Å². The van der Waals surface area contributed by atoms with Gasteiger partial charge >= 0.3 is 0 Å². The number of anilines is 4. The summed E-state index contributed by atoms with van der Waals surface area (Å²) in [6.45, 7) is 4.25. The van der Waals surface area contributed by atoms with Crippen LogP contribution in [-0.2, 0) is 17.8 Å². The van der Waals surface area contributed by atoms with Crippen LogP contribution in [0, 0.1) is 0 Å². The highest BCUT2D eigenvalue weighted by Crippen LogP contribution is 2.38. The summed E-state index contributed by atoms with van der Waals surface area (Å²) >= 11 is 0. The van der Waals surface area contributed by atoms with E-state index in [4.69, 9.17) is 18.9 Å². The largest absolute Gasteiger partial charge is 0.493 e. The Morgan fingerprint density at radius 3 is 2.43 bits per heavy atom. The van der Waals surface area contributed by atoms with E-state index in [2.05, 4.69) is 38.7 Å². The number of nitrogens with one attached hydrogen (secondary N) is 2. The highest BCUT2D eigenvalue weighted by Gasteiger charge is 2.20.